The minimum Gasteiger partial charge on any atom is -0.384 e. The molecule has 0 saturated carbocycles. The molecule has 0 spiro atoms. The van der Waals surface area contributed by atoms with Crippen LogP contribution in [-0.2, 0) is 27.4 Å². The van der Waals surface area contributed by atoms with Crippen LogP contribution in [0.25, 0.3) is 11.1 Å². The number of rotatable bonds is 19. The molecule has 3 aliphatic heterocycles. The largest absolute Gasteiger partial charge is 0.384 e. The van der Waals surface area contributed by atoms with Crippen molar-refractivity contribution < 1.29 is 28.7 Å². The number of aldehydes is 1. The third-order valence-corrected chi connectivity index (χ3v) is 13.9. The number of pyridine rings is 1. The Bertz CT molecular complexity index is 2510. The van der Waals surface area contributed by atoms with Gasteiger partial charge in [0.2, 0.25) is 11.8 Å². The van der Waals surface area contributed by atoms with Gasteiger partial charge in [-0.1, -0.05) is 42.8 Å². The van der Waals surface area contributed by atoms with Crippen LogP contribution >= 0.6 is 0 Å². The average Bonchev–Trinajstić information content (AvgIpc) is 3.33. The molecule has 15 nitrogen and oxygen atoms in total. The number of carbonyl (C=O) groups is 5. The van der Waals surface area contributed by atoms with Gasteiger partial charge in [0.05, 0.1) is 5.56 Å². The molecular formula is C53H68N8O7. The van der Waals surface area contributed by atoms with Gasteiger partial charge in [-0.15, -0.1) is 0 Å². The standard InChI is InChI=1S/C53H68N8O7/c1-6-61(42-19-27-68-28-20-42)47-31-41(30-43(37(47)4)50(64)55-32-44-35(2)29-36(3)56-51(44)65)39-15-13-38(14-16-39)33-60-25-23-59(24-26-60)22-9-7-8-21-54-45-12-10-11-40(34-62)49(45)53(67)58(5)46-17-18-48(63)57-52(46)66/h10-16,29-31,34,42,46,54H,6-9,17-28,32-33H2,1-5H3,(H,55,64)(H,56,65)(H,57,63,66). The molecule has 1 atom stereocenters. The van der Waals surface area contributed by atoms with Crippen LogP contribution in [0.2, 0.25) is 0 Å². The van der Waals surface area contributed by atoms with E-state index in [9.17, 15) is 28.8 Å². The number of benzene rings is 3. The Morgan fingerprint density at radius 3 is 2.31 bits per heavy atom. The number of H-pyrrole nitrogens is 1. The summed E-state index contributed by atoms with van der Waals surface area (Å²) in [6.07, 6.45) is 5.84. The highest BCUT2D eigenvalue weighted by Crippen LogP contribution is 2.34. The lowest BCUT2D eigenvalue weighted by molar-refractivity contribution is -0.136. The summed E-state index contributed by atoms with van der Waals surface area (Å²) in [5.74, 6) is -1.51. The third kappa shape index (κ3) is 12.1. The van der Waals surface area contributed by atoms with E-state index in [2.05, 4.69) is 72.9 Å². The van der Waals surface area contributed by atoms with Gasteiger partial charge in [-0.05, 0) is 118 Å². The molecule has 362 valence electrons. The van der Waals surface area contributed by atoms with Gasteiger partial charge in [0.15, 0.2) is 6.29 Å². The van der Waals surface area contributed by atoms with Gasteiger partial charge >= 0.3 is 0 Å². The molecule has 15 heteroatoms. The molecule has 4 aromatic rings. The number of likely N-dealkylation sites (N-methyl/N-ethyl adjacent to an activating group) is 1. The van der Waals surface area contributed by atoms with E-state index in [0.717, 1.165) is 125 Å². The van der Waals surface area contributed by atoms with Crippen molar-refractivity contribution in [3.8, 4) is 11.1 Å². The molecule has 0 aliphatic carbocycles. The van der Waals surface area contributed by atoms with Crippen molar-refractivity contribution in [2.45, 2.75) is 97.8 Å². The maximum absolute atomic E-state index is 14.0. The molecule has 3 fully saturated rings. The molecule has 68 heavy (non-hydrogen) atoms. The van der Waals surface area contributed by atoms with Gasteiger partial charge in [0, 0.05) is 119 Å². The highest BCUT2D eigenvalue weighted by Gasteiger charge is 2.34. The fourth-order valence-corrected chi connectivity index (χ4v) is 9.90. The number of piperazine rings is 1. The van der Waals surface area contributed by atoms with Crippen LogP contribution in [0.5, 0.6) is 0 Å². The number of aromatic nitrogens is 1. The molecule has 4 heterocycles. The fourth-order valence-electron chi connectivity index (χ4n) is 9.90. The molecule has 7 rings (SSSR count). The molecule has 4 N–H and O–H groups in total. The van der Waals surface area contributed by atoms with Crippen LogP contribution in [0.4, 0.5) is 11.4 Å². The quantitative estimate of drug-likeness (QED) is 0.0494. The van der Waals surface area contributed by atoms with Crippen LogP contribution < -0.4 is 26.4 Å². The SMILES string of the molecule is CCN(c1cc(-c2ccc(CN3CCN(CCCCCNc4cccc(C=O)c4C(=O)N(C)C4CCC(=O)NC4=O)CC3)cc2)cc(C(=O)NCc2c(C)cc(C)[nH]c2=O)c1C)C1CCOCC1. The molecule has 1 unspecified atom stereocenters. The second kappa shape index (κ2) is 23.2. The van der Waals surface area contributed by atoms with Crippen molar-refractivity contribution in [2.75, 3.05) is 76.3 Å². The van der Waals surface area contributed by atoms with E-state index in [0.29, 0.717) is 35.7 Å². The summed E-state index contributed by atoms with van der Waals surface area (Å²) < 4.78 is 5.71. The van der Waals surface area contributed by atoms with Crippen LogP contribution in [0, 0.1) is 20.8 Å². The molecule has 3 aromatic carbocycles. The Kier molecular flexibility index (Phi) is 17.0. The highest BCUT2D eigenvalue weighted by atomic mass is 16.5. The zero-order chi connectivity index (χ0) is 48.3. The van der Waals surface area contributed by atoms with Crippen LogP contribution in [-0.4, -0.2) is 128 Å². The van der Waals surface area contributed by atoms with Gasteiger partial charge in [-0.2, -0.15) is 0 Å². The molecule has 0 bridgehead atoms. The Hall–Kier alpha value is -6.16. The fraction of sp³-hybridized carbons (Fsp3) is 0.472. The number of anilines is 2. The lowest BCUT2D eigenvalue weighted by Gasteiger charge is -2.37. The summed E-state index contributed by atoms with van der Waals surface area (Å²) in [6, 6.07) is 19.5. The number of aryl methyl sites for hydroxylation is 2. The first-order valence-corrected chi connectivity index (χ1v) is 24.3. The Balaban J connectivity index is 0.908. The molecule has 1 aromatic heterocycles. The number of hydrogen-bond acceptors (Lipinski definition) is 11. The van der Waals surface area contributed by atoms with Crippen molar-refractivity contribution in [3.63, 3.8) is 0 Å². The average molecular weight is 929 g/mol. The number of aromatic amines is 1. The van der Waals surface area contributed by atoms with E-state index in [1.807, 2.05) is 32.9 Å². The summed E-state index contributed by atoms with van der Waals surface area (Å²) in [5.41, 5.74) is 8.87. The van der Waals surface area contributed by atoms with Crippen molar-refractivity contribution >= 4 is 41.3 Å². The maximum Gasteiger partial charge on any atom is 0.257 e. The number of unbranched alkanes of at least 4 members (excludes halogenated alkanes) is 2. The van der Waals surface area contributed by atoms with Crippen molar-refractivity contribution in [3.05, 3.63) is 116 Å². The number of nitrogens with one attached hydrogen (secondary N) is 4. The summed E-state index contributed by atoms with van der Waals surface area (Å²) in [6.45, 7) is 16.8. The highest BCUT2D eigenvalue weighted by molar-refractivity contribution is 6.09. The number of ether oxygens (including phenoxy) is 1. The summed E-state index contributed by atoms with van der Waals surface area (Å²) in [7, 11) is 1.53. The van der Waals surface area contributed by atoms with Gasteiger partial charge < -0.3 is 35.1 Å². The first-order chi connectivity index (χ1) is 32.8. The van der Waals surface area contributed by atoms with E-state index in [-0.39, 0.29) is 47.9 Å². The van der Waals surface area contributed by atoms with Gasteiger partial charge in [-0.3, -0.25) is 39.0 Å². The summed E-state index contributed by atoms with van der Waals surface area (Å²) in [5, 5.41) is 8.72. The maximum atomic E-state index is 14.0. The van der Waals surface area contributed by atoms with Gasteiger partial charge in [0.25, 0.3) is 17.4 Å². The topological polar surface area (TPSA) is 176 Å². The minimum atomic E-state index is -0.783. The molecule has 0 radical (unpaired) electrons. The van der Waals surface area contributed by atoms with Gasteiger partial charge in [-0.25, -0.2) is 0 Å². The normalized spacial score (nSPS) is 17.1. The zero-order valence-corrected chi connectivity index (χ0v) is 40.4. The minimum absolute atomic E-state index is 0.140. The number of piperidine rings is 1. The van der Waals surface area contributed by atoms with Crippen LogP contribution in [0.15, 0.2) is 65.5 Å². The first kappa shape index (κ1) is 49.7. The molecule has 3 saturated heterocycles. The van der Waals surface area contributed by atoms with E-state index in [4.69, 9.17) is 4.74 Å². The lowest BCUT2D eigenvalue weighted by atomic mass is 9.94. The third-order valence-electron chi connectivity index (χ3n) is 13.9. The predicted octanol–water partition coefficient (Wildman–Crippen LogP) is 5.99. The van der Waals surface area contributed by atoms with Crippen molar-refractivity contribution in [1.82, 2.24) is 30.3 Å². The summed E-state index contributed by atoms with van der Waals surface area (Å²) >= 11 is 0. The van der Waals surface area contributed by atoms with Crippen LogP contribution in [0.3, 0.4) is 0 Å². The van der Waals surface area contributed by atoms with E-state index in [1.54, 1.807) is 18.2 Å². The smallest absolute Gasteiger partial charge is 0.257 e. The van der Waals surface area contributed by atoms with E-state index < -0.39 is 17.9 Å². The second-order valence-electron chi connectivity index (χ2n) is 18.5. The summed E-state index contributed by atoms with van der Waals surface area (Å²) in [4.78, 5) is 88.1. The monoisotopic (exact) mass is 929 g/mol. The Labute approximate surface area is 400 Å². The molecular weight excluding hydrogens is 861 g/mol. The van der Waals surface area contributed by atoms with Crippen LogP contribution in [0.1, 0.15) is 111 Å². The molecule has 4 amide bonds. The Morgan fingerprint density at radius 1 is 0.882 bits per heavy atom. The number of imide groups is 1. The zero-order valence-electron chi connectivity index (χ0n) is 40.4. The Morgan fingerprint density at radius 2 is 1.62 bits per heavy atom. The van der Waals surface area contributed by atoms with Crippen molar-refractivity contribution in [1.29, 1.82) is 0 Å². The number of amides is 4. The lowest BCUT2D eigenvalue weighted by Crippen LogP contribution is -2.53. The van der Waals surface area contributed by atoms with E-state index >= 15 is 0 Å². The van der Waals surface area contributed by atoms with E-state index in [1.165, 1.54) is 17.5 Å². The first-order valence-electron chi connectivity index (χ1n) is 24.3. The number of nitrogens with zero attached hydrogens (tertiary/aromatic N) is 4. The second-order valence-corrected chi connectivity index (χ2v) is 18.5. The molecule has 3 aliphatic rings. The number of carbonyl (C=O) groups excluding carboxylic acids is 5. The predicted molar refractivity (Wildman–Crippen MR) is 265 cm³/mol. The van der Waals surface area contributed by atoms with Crippen molar-refractivity contribution in [2.24, 2.45) is 0 Å². The van der Waals surface area contributed by atoms with Gasteiger partial charge in [0.1, 0.15) is 6.04 Å². The number of hydrogen-bond donors (Lipinski definition) is 4.